The van der Waals surface area contributed by atoms with Gasteiger partial charge >= 0.3 is 5.97 Å². The molecule has 5 heteroatoms. The highest BCUT2D eigenvalue weighted by molar-refractivity contribution is 14.1. The summed E-state index contributed by atoms with van der Waals surface area (Å²) in [4.78, 5) is 15.5. The van der Waals surface area contributed by atoms with Crippen molar-refractivity contribution in [2.75, 3.05) is 7.11 Å². The number of hydrogen-bond donors (Lipinski definition) is 0. The van der Waals surface area contributed by atoms with Gasteiger partial charge in [0.2, 0.25) is 5.82 Å². The molecule has 0 saturated heterocycles. The molecule has 0 bridgehead atoms. The third kappa shape index (κ3) is 1.34. The van der Waals surface area contributed by atoms with Crippen molar-refractivity contribution >= 4 is 28.6 Å². The van der Waals surface area contributed by atoms with Crippen molar-refractivity contribution in [3.8, 4) is 0 Å². The normalized spacial score (nSPS) is 14.3. The topological polar surface area (TPSA) is 44.1 Å². The Kier molecular flexibility index (Phi) is 2.27. The van der Waals surface area contributed by atoms with Crippen LogP contribution >= 0.6 is 22.6 Å². The molecule has 2 rings (SSSR count). The minimum absolute atomic E-state index is 0.342. The van der Waals surface area contributed by atoms with Crippen LogP contribution in [0.4, 0.5) is 0 Å². The number of imidazole rings is 1. The summed E-state index contributed by atoms with van der Waals surface area (Å²) in [6, 6.07) is 0. The standard InChI is InChI=1S/C8H9IN2O2/c1-13-8(12)7-10-6(9)5-3-2-4-11(5)7/h2-4H2,1H3. The van der Waals surface area contributed by atoms with Crippen molar-refractivity contribution in [2.24, 2.45) is 0 Å². The highest BCUT2D eigenvalue weighted by atomic mass is 127. The smallest absolute Gasteiger partial charge is 0.374 e. The largest absolute Gasteiger partial charge is 0.463 e. The Bertz CT molecular complexity index is 359. The predicted octanol–water partition coefficient (Wildman–Crippen LogP) is 1.22. The van der Waals surface area contributed by atoms with E-state index in [1.54, 1.807) is 0 Å². The van der Waals surface area contributed by atoms with E-state index in [-0.39, 0.29) is 5.97 Å². The number of hydrogen-bond acceptors (Lipinski definition) is 3. The Balaban J connectivity index is 2.48. The number of fused-ring (bicyclic) bond motifs is 1. The number of methoxy groups -OCH3 is 1. The maximum Gasteiger partial charge on any atom is 0.374 e. The Morgan fingerprint density at radius 1 is 1.69 bits per heavy atom. The second kappa shape index (κ2) is 3.28. The zero-order valence-electron chi connectivity index (χ0n) is 7.21. The van der Waals surface area contributed by atoms with Gasteiger partial charge in [-0.3, -0.25) is 0 Å². The number of halogens is 1. The summed E-state index contributed by atoms with van der Waals surface area (Å²) in [7, 11) is 1.38. The number of esters is 1. The number of aromatic nitrogens is 2. The van der Waals surface area contributed by atoms with E-state index in [1.807, 2.05) is 4.57 Å². The summed E-state index contributed by atoms with van der Waals surface area (Å²) in [5, 5.41) is 0. The van der Waals surface area contributed by atoms with Crippen LogP contribution in [0.2, 0.25) is 0 Å². The van der Waals surface area contributed by atoms with E-state index < -0.39 is 0 Å². The summed E-state index contributed by atoms with van der Waals surface area (Å²) < 4.78 is 7.53. The molecule has 1 aromatic rings. The summed E-state index contributed by atoms with van der Waals surface area (Å²) in [5.41, 5.74) is 1.17. The molecule has 1 aliphatic rings. The third-order valence-electron chi connectivity index (χ3n) is 2.19. The monoisotopic (exact) mass is 292 g/mol. The van der Waals surface area contributed by atoms with E-state index in [1.165, 1.54) is 12.8 Å². The Labute approximate surface area is 89.4 Å². The molecule has 70 valence electrons. The highest BCUT2D eigenvalue weighted by Gasteiger charge is 2.24. The van der Waals surface area contributed by atoms with Gasteiger partial charge in [-0.05, 0) is 35.4 Å². The molecule has 0 saturated carbocycles. The van der Waals surface area contributed by atoms with Gasteiger partial charge in [0.1, 0.15) is 3.70 Å². The Morgan fingerprint density at radius 3 is 3.15 bits per heavy atom. The van der Waals surface area contributed by atoms with Crippen LogP contribution < -0.4 is 0 Å². The molecule has 4 nitrogen and oxygen atoms in total. The van der Waals surface area contributed by atoms with E-state index in [0.717, 1.165) is 23.1 Å². The predicted molar refractivity (Wildman–Crippen MR) is 54.6 cm³/mol. The lowest BCUT2D eigenvalue weighted by Crippen LogP contribution is -2.10. The molecule has 2 heterocycles. The second-order valence-electron chi connectivity index (χ2n) is 2.92. The number of nitrogens with zero attached hydrogens (tertiary/aromatic N) is 2. The van der Waals surface area contributed by atoms with Crippen LogP contribution in [0.1, 0.15) is 22.7 Å². The van der Waals surface area contributed by atoms with Crippen LogP contribution in [0.15, 0.2) is 0 Å². The van der Waals surface area contributed by atoms with E-state index in [9.17, 15) is 4.79 Å². The maximum atomic E-state index is 11.3. The van der Waals surface area contributed by atoms with E-state index in [2.05, 4.69) is 32.3 Å². The molecule has 0 atom stereocenters. The quantitative estimate of drug-likeness (QED) is 0.577. The van der Waals surface area contributed by atoms with Gasteiger partial charge in [-0.25, -0.2) is 9.78 Å². The van der Waals surface area contributed by atoms with Crippen LogP contribution in [0, 0.1) is 3.70 Å². The minimum atomic E-state index is -0.342. The van der Waals surface area contributed by atoms with Crippen LogP contribution in [0.5, 0.6) is 0 Å². The lowest BCUT2D eigenvalue weighted by molar-refractivity contribution is 0.0581. The SMILES string of the molecule is COC(=O)c1nc(I)c2n1CCC2. The fourth-order valence-corrected chi connectivity index (χ4v) is 2.38. The fourth-order valence-electron chi connectivity index (χ4n) is 1.59. The molecule has 0 aromatic carbocycles. The first-order valence-electron chi connectivity index (χ1n) is 4.07. The van der Waals surface area contributed by atoms with Gasteiger partial charge in [-0.2, -0.15) is 0 Å². The Morgan fingerprint density at radius 2 is 2.46 bits per heavy atom. The van der Waals surface area contributed by atoms with Gasteiger partial charge < -0.3 is 9.30 Å². The molecule has 0 unspecified atom stereocenters. The Hall–Kier alpha value is -0.590. The van der Waals surface area contributed by atoms with Gasteiger partial charge in [-0.15, -0.1) is 0 Å². The third-order valence-corrected chi connectivity index (χ3v) is 3.05. The molecule has 0 aliphatic carbocycles. The molecular weight excluding hydrogens is 283 g/mol. The van der Waals surface area contributed by atoms with Crippen molar-refractivity contribution in [3.63, 3.8) is 0 Å². The lowest BCUT2D eigenvalue weighted by Gasteiger charge is -2.00. The van der Waals surface area contributed by atoms with Gasteiger partial charge in [-0.1, -0.05) is 0 Å². The van der Waals surface area contributed by atoms with E-state index >= 15 is 0 Å². The van der Waals surface area contributed by atoms with Crippen molar-refractivity contribution in [2.45, 2.75) is 19.4 Å². The summed E-state index contributed by atoms with van der Waals surface area (Å²) in [5.74, 6) is 0.102. The zero-order chi connectivity index (χ0) is 9.42. The minimum Gasteiger partial charge on any atom is -0.463 e. The van der Waals surface area contributed by atoms with Crippen LogP contribution in [0.25, 0.3) is 0 Å². The number of carbonyl (C=O) groups is 1. The molecule has 0 radical (unpaired) electrons. The lowest BCUT2D eigenvalue weighted by atomic mass is 10.3. The second-order valence-corrected chi connectivity index (χ2v) is 3.94. The first-order valence-corrected chi connectivity index (χ1v) is 5.15. The molecule has 0 spiro atoms. The van der Waals surface area contributed by atoms with E-state index in [0.29, 0.717) is 5.82 Å². The number of carbonyl (C=O) groups excluding carboxylic acids is 1. The molecule has 0 amide bonds. The number of rotatable bonds is 1. The van der Waals surface area contributed by atoms with Crippen molar-refractivity contribution in [1.82, 2.24) is 9.55 Å². The molecular formula is C8H9IN2O2. The van der Waals surface area contributed by atoms with Gasteiger partial charge in [0, 0.05) is 6.54 Å². The van der Waals surface area contributed by atoms with Gasteiger partial charge in [0.15, 0.2) is 0 Å². The summed E-state index contributed by atoms with van der Waals surface area (Å²) in [6.07, 6.45) is 2.11. The molecule has 1 aromatic heterocycles. The first kappa shape index (κ1) is 8.98. The van der Waals surface area contributed by atoms with Crippen LogP contribution in [0.3, 0.4) is 0 Å². The van der Waals surface area contributed by atoms with Crippen molar-refractivity contribution in [3.05, 3.63) is 15.2 Å². The van der Waals surface area contributed by atoms with Crippen LogP contribution in [-0.2, 0) is 17.7 Å². The van der Waals surface area contributed by atoms with Gasteiger partial charge in [0.25, 0.3) is 0 Å². The molecule has 13 heavy (non-hydrogen) atoms. The van der Waals surface area contributed by atoms with E-state index in [4.69, 9.17) is 0 Å². The highest BCUT2D eigenvalue weighted by Crippen LogP contribution is 2.22. The summed E-state index contributed by atoms with van der Waals surface area (Å²) >= 11 is 2.16. The molecule has 1 aliphatic heterocycles. The summed E-state index contributed by atoms with van der Waals surface area (Å²) in [6.45, 7) is 0.885. The fraction of sp³-hybridized carbons (Fsp3) is 0.500. The molecule has 0 fully saturated rings. The van der Waals surface area contributed by atoms with Crippen molar-refractivity contribution < 1.29 is 9.53 Å². The van der Waals surface area contributed by atoms with Gasteiger partial charge in [0.05, 0.1) is 12.8 Å². The first-order chi connectivity index (χ1) is 6.24. The average molecular weight is 292 g/mol. The maximum absolute atomic E-state index is 11.3. The van der Waals surface area contributed by atoms with Crippen molar-refractivity contribution in [1.29, 1.82) is 0 Å². The van der Waals surface area contributed by atoms with Crippen LogP contribution in [-0.4, -0.2) is 22.6 Å². The zero-order valence-corrected chi connectivity index (χ0v) is 9.37. The molecule has 0 N–H and O–H groups in total. The average Bonchev–Trinajstić information content (AvgIpc) is 2.68. The number of ether oxygens (including phenoxy) is 1.